The van der Waals surface area contributed by atoms with E-state index in [4.69, 9.17) is 10.00 Å². The maximum absolute atomic E-state index is 12.6. The largest absolute Gasteiger partial charge is 0.360 e. The zero-order chi connectivity index (χ0) is 17.3. The zero-order valence-electron chi connectivity index (χ0n) is 13.1. The van der Waals surface area contributed by atoms with Gasteiger partial charge in [0.1, 0.15) is 0 Å². The molecule has 3 rings (SSSR count). The second-order valence-electron chi connectivity index (χ2n) is 5.48. The third kappa shape index (κ3) is 2.70. The zero-order valence-corrected chi connectivity index (χ0v) is 13.1. The number of rotatable bonds is 2. The molecule has 1 aromatic heterocycles. The van der Waals surface area contributed by atoms with Gasteiger partial charge in [-0.1, -0.05) is 0 Å². The van der Waals surface area contributed by atoms with E-state index in [9.17, 15) is 14.4 Å². The van der Waals surface area contributed by atoms with Gasteiger partial charge < -0.3 is 14.6 Å². The Morgan fingerprint density at radius 3 is 2.96 bits per heavy atom. The summed E-state index contributed by atoms with van der Waals surface area (Å²) in [5, 5.41) is 9.27. The molecule has 1 aromatic carbocycles. The topological polar surface area (TPSA) is 108 Å². The SMILES string of the molecule is CCn1c(=O)[nH]c2cc(C(=O)N3CCO[C@H](C#N)C3)ccc2c1=O. The van der Waals surface area contributed by atoms with Gasteiger partial charge in [0, 0.05) is 18.7 Å². The molecule has 24 heavy (non-hydrogen) atoms. The summed E-state index contributed by atoms with van der Waals surface area (Å²) < 4.78 is 6.32. The normalized spacial score (nSPS) is 17.7. The van der Waals surface area contributed by atoms with E-state index in [1.54, 1.807) is 13.0 Å². The summed E-state index contributed by atoms with van der Waals surface area (Å²) in [6, 6.07) is 6.58. The lowest BCUT2D eigenvalue weighted by Gasteiger charge is -2.29. The number of nitriles is 1. The molecule has 0 aliphatic carbocycles. The number of fused-ring (bicyclic) bond motifs is 1. The molecule has 0 spiro atoms. The Bertz CT molecular complexity index is 953. The molecule has 1 aliphatic rings. The van der Waals surface area contributed by atoms with Crippen molar-refractivity contribution in [2.45, 2.75) is 19.6 Å². The lowest BCUT2D eigenvalue weighted by molar-refractivity contribution is 0.00347. The van der Waals surface area contributed by atoms with Crippen molar-refractivity contribution in [1.29, 1.82) is 5.26 Å². The first-order valence-electron chi connectivity index (χ1n) is 7.62. The molecule has 0 saturated carbocycles. The van der Waals surface area contributed by atoms with Gasteiger partial charge in [0.2, 0.25) is 0 Å². The van der Waals surface area contributed by atoms with Crippen LogP contribution >= 0.6 is 0 Å². The number of nitrogens with zero attached hydrogens (tertiary/aromatic N) is 3. The Balaban J connectivity index is 1.99. The summed E-state index contributed by atoms with van der Waals surface area (Å²) in [7, 11) is 0. The van der Waals surface area contributed by atoms with Gasteiger partial charge in [-0.2, -0.15) is 5.26 Å². The number of aromatic amines is 1. The Kier molecular flexibility index (Phi) is 4.18. The van der Waals surface area contributed by atoms with E-state index < -0.39 is 11.8 Å². The minimum atomic E-state index is -0.639. The number of benzene rings is 1. The van der Waals surface area contributed by atoms with Crippen molar-refractivity contribution in [3.05, 3.63) is 44.6 Å². The summed E-state index contributed by atoms with van der Waals surface area (Å²) in [6.07, 6.45) is -0.639. The molecule has 0 radical (unpaired) electrons. The van der Waals surface area contributed by atoms with Crippen LogP contribution in [0, 0.1) is 11.3 Å². The molecule has 0 unspecified atom stereocenters. The molecule has 1 fully saturated rings. The van der Waals surface area contributed by atoms with Crippen molar-refractivity contribution < 1.29 is 9.53 Å². The number of ether oxygens (including phenoxy) is 1. The molecular formula is C16H16N4O4. The fraction of sp³-hybridized carbons (Fsp3) is 0.375. The molecule has 8 heteroatoms. The number of aromatic nitrogens is 2. The number of nitrogens with one attached hydrogen (secondary N) is 1. The van der Waals surface area contributed by atoms with Gasteiger partial charge in [0.05, 0.1) is 30.1 Å². The van der Waals surface area contributed by atoms with Crippen LogP contribution < -0.4 is 11.2 Å². The highest BCUT2D eigenvalue weighted by Gasteiger charge is 2.25. The molecule has 2 heterocycles. The Morgan fingerprint density at radius 1 is 1.46 bits per heavy atom. The molecule has 124 valence electrons. The fourth-order valence-corrected chi connectivity index (χ4v) is 2.77. The monoisotopic (exact) mass is 328 g/mol. The molecule has 1 aliphatic heterocycles. The van der Waals surface area contributed by atoms with Gasteiger partial charge in [-0.15, -0.1) is 0 Å². The molecule has 1 saturated heterocycles. The van der Waals surface area contributed by atoms with Crippen LogP contribution in [0.2, 0.25) is 0 Å². The summed E-state index contributed by atoms with van der Waals surface area (Å²) in [4.78, 5) is 40.9. The summed E-state index contributed by atoms with van der Waals surface area (Å²) >= 11 is 0. The number of hydrogen-bond donors (Lipinski definition) is 1. The van der Waals surface area contributed by atoms with Crippen LogP contribution in [0.1, 0.15) is 17.3 Å². The van der Waals surface area contributed by atoms with E-state index in [0.29, 0.717) is 29.6 Å². The summed E-state index contributed by atoms with van der Waals surface area (Å²) in [5.74, 6) is -0.263. The van der Waals surface area contributed by atoms with E-state index >= 15 is 0 Å². The first kappa shape index (κ1) is 16.0. The molecule has 1 amide bonds. The number of H-pyrrole nitrogens is 1. The molecule has 1 N–H and O–H groups in total. The Labute approximate surface area is 136 Å². The average Bonchev–Trinajstić information content (AvgIpc) is 2.61. The van der Waals surface area contributed by atoms with Crippen molar-refractivity contribution in [3.63, 3.8) is 0 Å². The summed E-state index contributed by atoms with van der Waals surface area (Å²) in [6.45, 7) is 2.87. The smallest absolute Gasteiger partial charge is 0.328 e. The summed E-state index contributed by atoms with van der Waals surface area (Å²) in [5.41, 5.74) is -0.210. The molecule has 1 atom stereocenters. The third-order valence-corrected chi connectivity index (χ3v) is 4.04. The van der Waals surface area contributed by atoms with Crippen molar-refractivity contribution in [1.82, 2.24) is 14.5 Å². The number of hydrogen-bond acceptors (Lipinski definition) is 5. The van der Waals surface area contributed by atoms with E-state index in [2.05, 4.69) is 4.98 Å². The Hall–Kier alpha value is -2.92. The van der Waals surface area contributed by atoms with Crippen LogP contribution in [-0.2, 0) is 11.3 Å². The number of morpholine rings is 1. The van der Waals surface area contributed by atoms with E-state index in [0.717, 1.165) is 4.57 Å². The van der Waals surface area contributed by atoms with Crippen LogP contribution in [0.25, 0.3) is 10.9 Å². The van der Waals surface area contributed by atoms with Crippen LogP contribution in [-0.4, -0.2) is 46.2 Å². The minimum Gasteiger partial charge on any atom is -0.360 e. The van der Waals surface area contributed by atoms with Crippen LogP contribution in [0.5, 0.6) is 0 Å². The van der Waals surface area contributed by atoms with Crippen LogP contribution in [0.3, 0.4) is 0 Å². The first-order valence-corrected chi connectivity index (χ1v) is 7.62. The highest BCUT2D eigenvalue weighted by molar-refractivity contribution is 5.97. The number of carbonyl (C=O) groups is 1. The fourth-order valence-electron chi connectivity index (χ4n) is 2.77. The van der Waals surface area contributed by atoms with E-state index in [1.807, 2.05) is 6.07 Å². The van der Waals surface area contributed by atoms with Crippen molar-refractivity contribution in [2.24, 2.45) is 0 Å². The van der Waals surface area contributed by atoms with Gasteiger partial charge in [-0.3, -0.25) is 14.2 Å². The van der Waals surface area contributed by atoms with Crippen molar-refractivity contribution in [2.75, 3.05) is 19.7 Å². The first-order chi connectivity index (χ1) is 11.5. The maximum atomic E-state index is 12.6. The van der Waals surface area contributed by atoms with E-state index in [1.165, 1.54) is 17.0 Å². The van der Waals surface area contributed by atoms with Crippen molar-refractivity contribution >= 4 is 16.8 Å². The Morgan fingerprint density at radius 2 is 2.25 bits per heavy atom. The molecule has 0 bridgehead atoms. The standard InChI is InChI=1S/C16H16N4O4/c1-2-20-15(22)12-4-3-10(7-13(12)18-16(20)23)14(21)19-5-6-24-11(8-17)9-19/h3-4,7,11H,2,5-6,9H2,1H3,(H,18,23)/t11-/m1/s1. The van der Waals surface area contributed by atoms with Crippen molar-refractivity contribution in [3.8, 4) is 6.07 Å². The molecule has 8 nitrogen and oxygen atoms in total. The minimum absolute atomic E-state index is 0.196. The predicted molar refractivity (Wildman–Crippen MR) is 85.8 cm³/mol. The highest BCUT2D eigenvalue weighted by Crippen LogP contribution is 2.14. The predicted octanol–water partition coefficient (Wildman–Crippen LogP) is 0.0743. The lowest BCUT2D eigenvalue weighted by atomic mass is 10.1. The number of carbonyl (C=O) groups excluding carboxylic acids is 1. The highest BCUT2D eigenvalue weighted by atomic mass is 16.5. The second kappa shape index (κ2) is 6.29. The maximum Gasteiger partial charge on any atom is 0.328 e. The van der Waals surface area contributed by atoms with Gasteiger partial charge in [0.25, 0.3) is 11.5 Å². The quantitative estimate of drug-likeness (QED) is 0.839. The second-order valence-corrected chi connectivity index (χ2v) is 5.48. The van der Waals surface area contributed by atoms with Gasteiger partial charge in [0.15, 0.2) is 6.10 Å². The van der Waals surface area contributed by atoms with Gasteiger partial charge in [-0.25, -0.2) is 4.79 Å². The van der Waals surface area contributed by atoms with E-state index in [-0.39, 0.29) is 24.6 Å². The van der Waals surface area contributed by atoms with Gasteiger partial charge in [-0.05, 0) is 25.1 Å². The average molecular weight is 328 g/mol. The lowest BCUT2D eigenvalue weighted by Crippen LogP contribution is -2.45. The molecule has 2 aromatic rings. The number of amides is 1. The van der Waals surface area contributed by atoms with Gasteiger partial charge >= 0.3 is 5.69 Å². The third-order valence-electron chi connectivity index (χ3n) is 4.04. The molecular weight excluding hydrogens is 312 g/mol. The van der Waals surface area contributed by atoms with Crippen LogP contribution in [0.4, 0.5) is 0 Å². The van der Waals surface area contributed by atoms with Crippen LogP contribution in [0.15, 0.2) is 27.8 Å².